The number of aliphatic imine (C=N–C) groups is 1. The normalized spacial score (nSPS) is 12.8. The Kier molecular flexibility index (Phi) is 4.77. The van der Waals surface area contributed by atoms with Crippen molar-refractivity contribution in [3.63, 3.8) is 0 Å². The second-order valence-corrected chi connectivity index (χ2v) is 7.28. The Bertz CT molecular complexity index is 1220. The van der Waals surface area contributed by atoms with Crippen LogP contribution in [-0.2, 0) is 6.61 Å². The molecule has 0 fully saturated rings. The number of hydrogen-bond acceptors (Lipinski definition) is 4. The fraction of sp³-hybridized carbons (Fsp3) is 0.0870. The maximum absolute atomic E-state index is 13.3. The molecule has 5 nitrogen and oxygen atoms in total. The Hall–Kier alpha value is -3.51. The monoisotopic (exact) mass is 421 g/mol. The lowest BCUT2D eigenvalue weighted by Gasteiger charge is -2.25. The number of anilines is 2. The minimum atomic E-state index is -0.292. The van der Waals surface area contributed by atoms with E-state index in [0.29, 0.717) is 17.4 Å². The van der Waals surface area contributed by atoms with Crippen LogP contribution in [0.3, 0.4) is 0 Å². The minimum Gasteiger partial charge on any atom is -0.487 e. The van der Waals surface area contributed by atoms with Crippen molar-refractivity contribution in [2.45, 2.75) is 6.61 Å². The van der Waals surface area contributed by atoms with Gasteiger partial charge in [0.15, 0.2) is 0 Å². The molecule has 1 N–H and O–H groups in total. The lowest BCUT2D eigenvalue weighted by Crippen LogP contribution is -2.21. The lowest BCUT2D eigenvalue weighted by atomic mass is 10.2. The van der Waals surface area contributed by atoms with Gasteiger partial charge in [-0.2, -0.15) is 0 Å². The molecule has 150 valence electrons. The predicted molar refractivity (Wildman–Crippen MR) is 115 cm³/mol. The van der Waals surface area contributed by atoms with Crippen molar-refractivity contribution in [3.8, 4) is 17.2 Å². The van der Waals surface area contributed by atoms with Gasteiger partial charge in [0.2, 0.25) is 0 Å². The summed E-state index contributed by atoms with van der Waals surface area (Å²) in [6.07, 6.45) is 3.46. The van der Waals surface area contributed by atoms with E-state index in [4.69, 9.17) is 20.8 Å². The number of rotatable bonds is 5. The first-order valence-corrected chi connectivity index (χ1v) is 9.76. The highest BCUT2D eigenvalue weighted by molar-refractivity contribution is 6.32. The van der Waals surface area contributed by atoms with Gasteiger partial charge in [-0.3, -0.25) is 4.99 Å². The number of fused-ring (bicyclic) bond motifs is 1. The fourth-order valence-electron chi connectivity index (χ4n) is 3.42. The Morgan fingerprint density at radius 3 is 2.87 bits per heavy atom. The fourth-order valence-corrected chi connectivity index (χ4v) is 3.65. The van der Waals surface area contributed by atoms with Crippen molar-refractivity contribution < 1.29 is 13.5 Å². The first-order valence-electron chi connectivity index (χ1n) is 9.38. The van der Waals surface area contributed by atoms with Gasteiger partial charge in [-0.05, 0) is 54.1 Å². The quantitative estimate of drug-likeness (QED) is 0.419. The summed E-state index contributed by atoms with van der Waals surface area (Å²) in [5.74, 6) is 1.01. The Morgan fingerprint density at radius 2 is 2.07 bits per heavy atom. The summed E-state index contributed by atoms with van der Waals surface area (Å²) in [5.41, 5.74) is 4.39. The zero-order valence-corrected chi connectivity index (χ0v) is 16.6. The van der Waals surface area contributed by atoms with E-state index in [1.165, 1.54) is 12.1 Å². The molecule has 0 amide bonds. The number of nitrogens with one attached hydrogen (secondary N) is 1. The zero-order chi connectivity index (χ0) is 20.5. The zero-order valence-electron chi connectivity index (χ0n) is 15.8. The summed E-state index contributed by atoms with van der Waals surface area (Å²) in [6.45, 7) is 0.710. The van der Waals surface area contributed by atoms with Crippen LogP contribution in [0.2, 0.25) is 5.02 Å². The van der Waals surface area contributed by atoms with Gasteiger partial charge in [0.25, 0.3) is 0 Å². The van der Waals surface area contributed by atoms with Gasteiger partial charge in [0.05, 0.1) is 28.4 Å². The number of ether oxygens (including phenoxy) is 1. The van der Waals surface area contributed by atoms with E-state index < -0.39 is 0 Å². The molecule has 0 radical (unpaired) electrons. The summed E-state index contributed by atoms with van der Waals surface area (Å²) < 4.78 is 24.6. The molecule has 2 aromatic carbocycles. The topological polar surface area (TPSA) is 53.8 Å². The second kappa shape index (κ2) is 7.72. The first kappa shape index (κ1) is 18.5. The first-order chi connectivity index (χ1) is 14.7. The van der Waals surface area contributed by atoms with Crippen LogP contribution in [0, 0.1) is 5.82 Å². The third kappa shape index (κ3) is 3.57. The number of aromatic nitrogens is 1. The standard InChI is InChI=1S/C23H17ClFN3O2/c24-18-10-17(6-7-22(18)30-13-15-3-1-4-16(25)9-15)28-14-26-12-20-21(28)11-19(27-20)23-5-2-8-29-23/h1-12,27H,13-14H2. The Balaban J connectivity index is 1.38. The van der Waals surface area contributed by atoms with E-state index in [9.17, 15) is 4.39 Å². The molecule has 0 unspecified atom stereocenters. The van der Waals surface area contributed by atoms with Gasteiger partial charge in [-0.1, -0.05) is 23.7 Å². The third-order valence-corrected chi connectivity index (χ3v) is 5.15. The summed E-state index contributed by atoms with van der Waals surface area (Å²) >= 11 is 6.47. The van der Waals surface area contributed by atoms with E-state index in [0.717, 1.165) is 34.1 Å². The maximum atomic E-state index is 13.3. The number of benzene rings is 2. The molecular formula is C23H17ClFN3O2. The van der Waals surface area contributed by atoms with Gasteiger partial charge >= 0.3 is 0 Å². The molecule has 7 heteroatoms. The molecule has 0 atom stereocenters. The lowest BCUT2D eigenvalue weighted by molar-refractivity contribution is 0.306. The smallest absolute Gasteiger partial charge is 0.150 e. The maximum Gasteiger partial charge on any atom is 0.150 e. The molecule has 3 heterocycles. The van der Waals surface area contributed by atoms with E-state index in [-0.39, 0.29) is 12.4 Å². The summed E-state index contributed by atoms with van der Waals surface area (Å²) in [5, 5.41) is 0.474. The molecule has 30 heavy (non-hydrogen) atoms. The number of hydrogen-bond donors (Lipinski definition) is 1. The molecule has 2 aromatic heterocycles. The van der Waals surface area contributed by atoms with Crippen molar-refractivity contribution in [2.24, 2.45) is 4.99 Å². The molecular weight excluding hydrogens is 405 g/mol. The molecule has 1 aliphatic heterocycles. The summed E-state index contributed by atoms with van der Waals surface area (Å²) in [6, 6.07) is 17.7. The summed E-state index contributed by atoms with van der Waals surface area (Å²) in [7, 11) is 0. The van der Waals surface area contributed by atoms with Gasteiger partial charge in [-0.25, -0.2) is 4.39 Å². The molecule has 4 aromatic rings. The molecule has 0 aliphatic carbocycles. The van der Waals surface area contributed by atoms with Gasteiger partial charge in [0.1, 0.15) is 30.6 Å². The van der Waals surface area contributed by atoms with Crippen LogP contribution >= 0.6 is 11.6 Å². The Labute approximate surface area is 177 Å². The Morgan fingerprint density at radius 1 is 1.13 bits per heavy atom. The van der Waals surface area contributed by atoms with Crippen LogP contribution in [0.15, 0.2) is 76.3 Å². The van der Waals surface area contributed by atoms with Crippen LogP contribution in [0.4, 0.5) is 15.8 Å². The van der Waals surface area contributed by atoms with Crippen molar-refractivity contribution in [3.05, 3.63) is 89.0 Å². The summed E-state index contributed by atoms with van der Waals surface area (Å²) in [4.78, 5) is 9.82. The highest BCUT2D eigenvalue weighted by Crippen LogP contribution is 2.37. The third-order valence-electron chi connectivity index (χ3n) is 4.86. The number of aromatic amines is 1. The van der Waals surface area contributed by atoms with Crippen LogP contribution in [-0.4, -0.2) is 17.9 Å². The molecule has 0 spiro atoms. The van der Waals surface area contributed by atoms with Gasteiger partial charge in [-0.15, -0.1) is 0 Å². The predicted octanol–water partition coefficient (Wildman–Crippen LogP) is 6.17. The molecule has 1 aliphatic rings. The number of halogens is 2. The van der Waals surface area contributed by atoms with E-state index >= 15 is 0 Å². The van der Waals surface area contributed by atoms with Crippen molar-refractivity contribution in [1.82, 2.24) is 4.98 Å². The molecule has 5 rings (SSSR count). The van der Waals surface area contributed by atoms with E-state index in [1.54, 1.807) is 18.4 Å². The highest BCUT2D eigenvalue weighted by atomic mass is 35.5. The second-order valence-electron chi connectivity index (χ2n) is 6.87. The average Bonchev–Trinajstić information content (AvgIpc) is 3.42. The number of H-pyrrole nitrogens is 1. The van der Waals surface area contributed by atoms with E-state index in [2.05, 4.69) is 14.9 Å². The van der Waals surface area contributed by atoms with Crippen LogP contribution < -0.4 is 9.64 Å². The highest BCUT2D eigenvalue weighted by Gasteiger charge is 2.21. The van der Waals surface area contributed by atoms with Crippen molar-refractivity contribution >= 4 is 29.2 Å². The van der Waals surface area contributed by atoms with Gasteiger partial charge in [0, 0.05) is 11.9 Å². The van der Waals surface area contributed by atoms with Crippen molar-refractivity contribution in [1.29, 1.82) is 0 Å². The SMILES string of the molecule is Fc1cccc(COc2ccc(N3CN=Cc4[nH]c(-c5ccco5)cc43)cc2Cl)c1. The molecule has 0 saturated heterocycles. The van der Waals surface area contributed by atoms with Crippen LogP contribution in [0.25, 0.3) is 11.5 Å². The van der Waals surface area contributed by atoms with Crippen molar-refractivity contribution in [2.75, 3.05) is 11.6 Å². The number of furan rings is 1. The van der Waals surface area contributed by atoms with E-state index in [1.807, 2.05) is 42.6 Å². The van der Waals surface area contributed by atoms with Crippen LogP contribution in [0.5, 0.6) is 5.75 Å². The average molecular weight is 422 g/mol. The number of nitrogens with zero attached hydrogens (tertiary/aromatic N) is 2. The largest absolute Gasteiger partial charge is 0.487 e. The minimum absolute atomic E-state index is 0.235. The van der Waals surface area contributed by atoms with Gasteiger partial charge < -0.3 is 19.0 Å². The molecule has 0 bridgehead atoms. The molecule has 0 saturated carbocycles. The van der Waals surface area contributed by atoms with Crippen LogP contribution in [0.1, 0.15) is 11.3 Å².